The van der Waals surface area contributed by atoms with Gasteiger partial charge in [-0.2, -0.15) is 0 Å². The molecular weight excluding hydrogens is 352 g/mol. The van der Waals surface area contributed by atoms with Crippen molar-refractivity contribution in [1.29, 1.82) is 0 Å². The lowest BCUT2D eigenvalue weighted by molar-refractivity contribution is -0.384. The number of rotatable bonds is 5. The Hall–Kier alpha value is -3.42. The molecule has 0 aliphatic carbocycles. The zero-order valence-electron chi connectivity index (χ0n) is 14.8. The molecule has 0 aromatic heterocycles. The Morgan fingerprint density at radius 3 is 2.67 bits per heavy atom. The molecule has 140 valence electrons. The number of nitrogens with zero attached hydrogens (tertiary/aromatic N) is 2. The van der Waals surface area contributed by atoms with Crippen molar-refractivity contribution < 1.29 is 24.4 Å². The van der Waals surface area contributed by atoms with E-state index >= 15 is 0 Å². The van der Waals surface area contributed by atoms with E-state index in [0.29, 0.717) is 17.0 Å². The molecule has 0 bridgehead atoms. The second kappa shape index (κ2) is 7.06. The minimum absolute atomic E-state index is 0.0840. The Morgan fingerprint density at radius 1 is 1.30 bits per heavy atom. The van der Waals surface area contributed by atoms with Crippen LogP contribution in [0.4, 0.5) is 11.4 Å². The molecule has 1 heterocycles. The summed E-state index contributed by atoms with van der Waals surface area (Å²) in [7, 11) is 0. The van der Waals surface area contributed by atoms with Crippen LogP contribution in [0.25, 0.3) is 0 Å². The third kappa shape index (κ3) is 3.59. The fourth-order valence-electron chi connectivity index (χ4n) is 2.96. The SMILES string of the molecule is CC(C)C1Oc2ccc([N+](=O)[O-])cc2N(Cc2cccc(C(=O)O)c2)C1=O. The van der Waals surface area contributed by atoms with Crippen LogP contribution in [0.3, 0.4) is 0 Å². The summed E-state index contributed by atoms with van der Waals surface area (Å²) in [5.74, 6) is -1.11. The van der Waals surface area contributed by atoms with Crippen molar-refractivity contribution in [1.82, 2.24) is 0 Å². The smallest absolute Gasteiger partial charge is 0.335 e. The predicted octanol–water partition coefficient (Wildman–Crippen LogP) is 3.24. The number of carbonyl (C=O) groups excluding carboxylic acids is 1. The molecule has 1 aliphatic rings. The van der Waals surface area contributed by atoms with Gasteiger partial charge in [0.2, 0.25) is 0 Å². The number of nitro groups is 1. The van der Waals surface area contributed by atoms with E-state index in [2.05, 4.69) is 0 Å². The van der Waals surface area contributed by atoms with Crippen molar-refractivity contribution in [2.75, 3.05) is 4.90 Å². The number of non-ortho nitro benzene ring substituents is 1. The first kappa shape index (κ1) is 18.4. The number of hydrogen-bond donors (Lipinski definition) is 1. The Labute approximate surface area is 155 Å². The van der Waals surface area contributed by atoms with E-state index in [1.807, 2.05) is 13.8 Å². The van der Waals surface area contributed by atoms with Gasteiger partial charge in [0.05, 0.1) is 22.7 Å². The monoisotopic (exact) mass is 370 g/mol. The maximum Gasteiger partial charge on any atom is 0.335 e. The largest absolute Gasteiger partial charge is 0.478 e. The molecule has 8 heteroatoms. The summed E-state index contributed by atoms with van der Waals surface area (Å²) in [4.78, 5) is 36.1. The van der Waals surface area contributed by atoms with Gasteiger partial charge >= 0.3 is 5.97 Å². The topological polar surface area (TPSA) is 110 Å². The van der Waals surface area contributed by atoms with Crippen LogP contribution >= 0.6 is 0 Å². The highest BCUT2D eigenvalue weighted by Crippen LogP contribution is 2.39. The number of carboxylic acid groups (broad SMARTS) is 1. The summed E-state index contributed by atoms with van der Waals surface area (Å²) in [6.07, 6.45) is -0.721. The van der Waals surface area contributed by atoms with E-state index < -0.39 is 17.0 Å². The van der Waals surface area contributed by atoms with Gasteiger partial charge in [0.1, 0.15) is 5.75 Å². The van der Waals surface area contributed by atoms with E-state index in [1.165, 1.54) is 35.2 Å². The number of fused-ring (bicyclic) bond motifs is 1. The second-order valence-electron chi connectivity index (χ2n) is 6.62. The molecular formula is C19H18N2O6. The van der Waals surface area contributed by atoms with Crippen LogP contribution in [-0.4, -0.2) is 28.0 Å². The molecule has 8 nitrogen and oxygen atoms in total. The number of amides is 1. The van der Waals surface area contributed by atoms with Gasteiger partial charge in [0.25, 0.3) is 11.6 Å². The van der Waals surface area contributed by atoms with Crippen LogP contribution in [0.2, 0.25) is 0 Å². The maximum atomic E-state index is 12.9. The fourth-order valence-corrected chi connectivity index (χ4v) is 2.96. The van der Waals surface area contributed by atoms with Crippen LogP contribution in [0.5, 0.6) is 5.75 Å². The van der Waals surface area contributed by atoms with Crippen molar-refractivity contribution in [3.63, 3.8) is 0 Å². The van der Waals surface area contributed by atoms with Gasteiger partial charge in [-0.05, 0) is 29.7 Å². The highest BCUT2D eigenvalue weighted by Gasteiger charge is 2.37. The zero-order chi connectivity index (χ0) is 19.7. The molecule has 27 heavy (non-hydrogen) atoms. The quantitative estimate of drug-likeness (QED) is 0.639. The van der Waals surface area contributed by atoms with Crippen LogP contribution in [0, 0.1) is 16.0 Å². The lowest BCUT2D eigenvalue weighted by Crippen LogP contribution is -2.48. The fraction of sp³-hybridized carbons (Fsp3) is 0.263. The van der Waals surface area contributed by atoms with Crippen LogP contribution < -0.4 is 9.64 Å². The number of anilines is 1. The lowest BCUT2D eigenvalue weighted by Gasteiger charge is -2.36. The summed E-state index contributed by atoms with van der Waals surface area (Å²) in [5.41, 5.74) is 0.849. The normalized spacial score (nSPS) is 16.0. The number of carbonyl (C=O) groups is 2. The first-order chi connectivity index (χ1) is 12.8. The third-order valence-corrected chi connectivity index (χ3v) is 4.33. The highest BCUT2D eigenvalue weighted by molar-refractivity contribution is 6.00. The second-order valence-corrected chi connectivity index (χ2v) is 6.62. The van der Waals surface area contributed by atoms with Gasteiger partial charge in [-0.15, -0.1) is 0 Å². The molecule has 3 rings (SSSR count). The van der Waals surface area contributed by atoms with Gasteiger partial charge in [-0.1, -0.05) is 26.0 Å². The molecule has 2 aromatic rings. The van der Waals surface area contributed by atoms with Gasteiger partial charge in [0.15, 0.2) is 6.10 Å². The predicted molar refractivity (Wildman–Crippen MR) is 96.9 cm³/mol. The molecule has 1 amide bonds. The summed E-state index contributed by atoms with van der Waals surface area (Å²) >= 11 is 0. The molecule has 0 radical (unpaired) electrons. The van der Waals surface area contributed by atoms with Crippen LogP contribution in [0.1, 0.15) is 29.8 Å². The van der Waals surface area contributed by atoms with Gasteiger partial charge in [-0.3, -0.25) is 14.9 Å². The van der Waals surface area contributed by atoms with E-state index in [4.69, 9.17) is 9.84 Å². The molecule has 1 atom stereocenters. The van der Waals surface area contributed by atoms with Crippen LogP contribution in [-0.2, 0) is 11.3 Å². The first-order valence-corrected chi connectivity index (χ1v) is 8.36. The minimum Gasteiger partial charge on any atom is -0.478 e. The number of hydrogen-bond acceptors (Lipinski definition) is 5. The molecule has 0 spiro atoms. The number of carboxylic acids is 1. The van der Waals surface area contributed by atoms with E-state index in [1.54, 1.807) is 12.1 Å². The molecule has 0 saturated carbocycles. The average molecular weight is 370 g/mol. The number of nitro benzene ring substituents is 1. The molecule has 1 N–H and O–H groups in total. The third-order valence-electron chi connectivity index (χ3n) is 4.33. The number of benzene rings is 2. The Bertz CT molecular complexity index is 924. The van der Waals surface area contributed by atoms with Crippen molar-refractivity contribution in [2.24, 2.45) is 5.92 Å². The average Bonchev–Trinajstić information content (AvgIpc) is 2.63. The van der Waals surface area contributed by atoms with Crippen molar-refractivity contribution in [2.45, 2.75) is 26.5 Å². The molecule has 2 aromatic carbocycles. The van der Waals surface area contributed by atoms with Gasteiger partial charge in [-0.25, -0.2) is 4.79 Å². The van der Waals surface area contributed by atoms with Gasteiger partial charge in [0, 0.05) is 12.1 Å². The molecule has 0 fully saturated rings. The lowest BCUT2D eigenvalue weighted by atomic mass is 10.0. The van der Waals surface area contributed by atoms with Crippen molar-refractivity contribution in [3.8, 4) is 5.75 Å². The Balaban J connectivity index is 2.05. The molecule has 1 unspecified atom stereocenters. The summed E-state index contributed by atoms with van der Waals surface area (Å²) < 4.78 is 5.76. The van der Waals surface area contributed by atoms with E-state index in [0.717, 1.165) is 0 Å². The summed E-state index contributed by atoms with van der Waals surface area (Å²) in [6.45, 7) is 3.78. The van der Waals surface area contributed by atoms with Crippen molar-refractivity contribution >= 4 is 23.3 Å². The first-order valence-electron chi connectivity index (χ1n) is 8.36. The minimum atomic E-state index is -1.07. The molecule has 1 aliphatic heterocycles. The zero-order valence-corrected chi connectivity index (χ0v) is 14.8. The molecule has 0 saturated heterocycles. The number of aromatic carboxylic acids is 1. The standard InChI is InChI=1S/C19H18N2O6/c1-11(2)17-18(22)20(10-12-4-3-5-13(8-12)19(23)24)15-9-14(21(25)26)6-7-16(15)27-17/h3-9,11,17H,10H2,1-2H3,(H,23,24). The van der Waals surface area contributed by atoms with Crippen molar-refractivity contribution in [3.05, 3.63) is 63.7 Å². The highest BCUT2D eigenvalue weighted by atomic mass is 16.6. The Morgan fingerprint density at radius 2 is 2.04 bits per heavy atom. The van der Waals surface area contributed by atoms with Crippen LogP contribution in [0.15, 0.2) is 42.5 Å². The summed E-state index contributed by atoms with van der Waals surface area (Å²) in [5, 5.41) is 20.3. The Kier molecular flexibility index (Phi) is 4.81. The van der Waals surface area contributed by atoms with Gasteiger partial charge < -0.3 is 14.7 Å². The van der Waals surface area contributed by atoms with E-state index in [9.17, 15) is 19.7 Å². The maximum absolute atomic E-state index is 12.9. The summed E-state index contributed by atoms with van der Waals surface area (Å²) in [6, 6.07) is 10.3. The van der Waals surface area contributed by atoms with E-state index in [-0.39, 0.29) is 29.6 Å². The number of ether oxygens (including phenoxy) is 1.